The SMILES string of the molecule is CCNC(=O)[C@@H](Cc1ccccc1)N(Cc1cccc(Br)c1)C(=O)CN(c1ccc(C(C)C)cc1)S(=O)(=O)c1ccc(C)cc1. The van der Waals surface area contributed by atoms with E-state index in [0.717, 1.165) is 31.0 Å². The van der Waals surface area contributed by atoms with E-state index in [4.69, 9.17) is 0 Å². The number of nitrogens with zero attached hydrogens (tertiary/aromatic N) is 2. The van der Waals surface area contributed by atoms with Gasteiger partial charge in [0.05, 0.1) is 10.6 Å². The molecule has 9 heteroatoms. The lowest BCUT2D eigenvalue weighted by molar-refractivity contribution is -0.140. The number of rotatable bonds is 13. The van der Waals surface area contributed by atoms with Crippen molar-refractivity contribution in [3.05, 3.63) is 130 Å². The van der Waals surface area contributed by atoms with Gasteiger partial charge >= 0.3 is 0 Å². The fourth-order valence-electron chi connectivity index (χ4n) is 5.07. The minimum absolute atomic E-state index is 0.0805. The van der Waals surface area contributed by atoms with Gasteiger partial charge in [-0.05, 0) is 72.9 Å². The van der Waals surface area contributed by atoms with Crippen LogP contribution >= 0.6 is 15.9 Å². The number of halogens is 1. The summed E-state index contributed by atoms with van der Waals surface area (Å²) in [5.41, 5.74) is 4.02. The van der Waals surface area contributed by atoms with E-state index < -0.39 is 28.5 Å². The van der Waals surface area contributed by atoms with E-state index >= 15 is 0 Å². The summed E-state index contributed by atoms with van der Waals surface area (Å²) >= 11 is 3.51. The molecule has 0 saturated carbocycles. The lowest BCUT2D eigenvalue weighted by Crippen LogP contribution is -2.53. The van der Waals surface area contributed by atoms with E-state index in [2.05, 4.69) is 35.1 Å². The third-order valence-electron chi connectivity index (χ3n) is 7.60. The highest BCUT2D eigenvalue weighted by Crippen LogP contribution is 2.27. The highest BCUT2D eigenvalue weighted by Gasteiger charge is 2.34. The number of likely N-dealkylation sites (N-methyl/N-ethyl adjacent to an activating group) is 1. The molecule has 2 amide bonds. The van der Waals surface area contributed by atoms with Crippen LogP contribution in [0.3, 0.4) is 0 Å². The molecule has 45 heavy (non-hydrogen) atoms. The van der Waals surface area contributed by atoms with Crippen molar-refractivity contribution >= 4 is 43.5 Å². The largest absolute Gasteiger partial charge is 0.355 e. The molecule has 0 aliphatic heterocycles. The molecule has 0 aliphatic rings. The summed E-state index contributed by atoms with van der Waals surface area (Å²) in [7, 11) is -4.15. The first-order valence-electron chi connectivity index (χ1n) is 15.0. The summed E-state index contributed by atoms with van der Waals surface area (Å²) in [4.78, 5) is 29.7. The van der Waals surface area contributed by atoms with Gasteiger partial charge in [0.1, 0.15) is 12.6 Å². The number of hydrogen-bond donors (Lipinski definition) is 1. The molecule has 0 saturated heterocycles. The van der Waals surface area contributed by atoms with Crippen LogP contribution in [0.2, 0.25) is 0 Å². The van der Waals surface area contributed by atoms with Crippen molar-refractivity contribution in [2.45, 2.75) is 57.5 Å². The van der Waals surface area contributed by atoms with Crippen LogP contribution < -0.4 is 9.62 Å². The monoisotopic (exact) mass is 689 g/mol. The Balaban J connectivity index is 1.80. The summed E-state index contributed by atoms with van der Waals surface area (Å²) in [6.07, 6.45) is 0.264. The molecular formula is C36H40BrN3O4S. The van der Waals surface area contributed by atoms with Crippen molar-refractivity contribution in [2.75, 3.05) is 17.4 Å². The molecule has 0 radical (unpaired) electrons. The van der Waals surface area contributed by atoms with Crippen LogP contribution in [-0.2, 0) is 32.6 Å². The van der Waals surface area contributed by atoms with Crippen molar-refractivity contribution in [2.24, 2.45) is 0 Å². The molecule has 4 aromatic rings. The summed E-state index contributed by atoms with van der Waals surface area (Å²) < 4.78 is 30.4. The first kappa shape index (κ1) is 33.9. The maximum absolute atomic E-state index is 14.5. The normalized spacial score (nSPS) is 12.0. The van der Waals surface area contributed by atoms with Crippen LogP contribution in [0, 0.1) is 6.92 Å². The Morgan fingerprint density at radius 3 is 2.09 bits per heavy atom. The van der Waals surface area contributed by atoms with E-state index in [0.29, 0.717) is 12.2 Å². The molecule has 0 spiro atoms. The fourth-order valence-corrected chi connectivity index (χ4v) is 6.93. The Kier molecular flexibility index (Phi) is 11.6. The average Bonchev–Trinajstić information content (AvgIpc) is 3.02. The van der Waals surface area contributed by atoms with Gasteiger partial charge in [-0.3, -0.25) is 13.9 Å². The summed E-state index contributed by atoms with van der Waals surface area (Å²) in [5, 5.41) is 2.89. The van der Waals surface area contributed by atoms with Crippen LogP contribution in [0.25, 0.3) is 0 Å². The summed E-state index contributed by atoms with van der Waals surface area (Å²) in [6, 6.07) is 30.0. The Hall–Kier alpha value is -3.95. The van der Waals surface area contributed by atoms with Gasteiger partial charge in [-0.2, -0.15) is 0 Å². The van der Waals surface area contributed by atoms with Gasteiger partial charge in [0.2, 0.25) is 11.8 Å². The first-order chi connectivity index (χ1) is 21.5. The molecule has 0 aromatic heterocycles. The van der Waals surface area contributed by atoms with E-state index in [1.807, 2.05) is 80.6 Å². The third kappa shape index (κ3) is 8.83. The molecule has 1 atom stereocenters. The van der Waals surface area contributed by atoms with Crippen molar-refractivity contribution < 1.29 is 18.0 Å². The average molecular weight is 691 g/mol. The van der Waals surface area contributed by atoms with E-state index in [9.17, 15) is 18.0 Å². The number of hydrogen-bond acceptors (Lipinski definition) is 4. The Morgan fingerprint density at radius 2 is 1.49 bits per heavy atom. The van der Waals surface area contributed by atoms with Crippen molar-refractivity contribution in [1.82, 2.24) is 10.2 Å². The smallest absolute Gasteiger partial charge is 0.264 e. The fraction of sp³-hybridized carbons (Fsp3) is 0.278. The van der Waals surface area contributed by atoms with Crippen molar-refractivity contribution in [3.8, 4) is 0 Å². The van der Waals surface area contributed by atoms with Gasteiger partial charge in [0.15, 0.2) is 0 Å². The van der Waals surface area contributed by atoms with E-state index in [-0.39, 0.29) is 29.7 Å². The number of carbonyl (C=O) groups excluding carboxylic acids is 2. The minimum Gasteiger partial charge on any atom is -0.355 e. The molecule has 7 nitrogen and oxygen atoms in total. The molecule has 0 bridgehead atoms. The van der Waals surface area contributed by atoms with Crippen LogP contribution in [-0.4, -0.2) is 44.3 Å². The van der Waals surface area contributed by atoms with Gasteiger partial charge in [-0.15, -0.1) is 0 Å². The molecule has 0 unspecified atom stereocenters. The number of nitrogens with one attached hydrogen (secondary N) is 1. The molecule has 1 N–H and O–H groups in total. The quantitative estimate of drug-likeness (QED) is 0.166. The zero-order valence-corrected chi connectivity index (χ0v) is 28.5. The topological polar surface area (TPSA) is 86.8 Å². The number of benzene rings is 4. The number of amides is 2. The highest BCUT2D eigenvalue weighted by atomic mass is 79.9. The third-order valence-corrected chi connectivity index (χ3v) is 9.88. The Morgan fingerprint density at radius 1 is 0.844 bits per heavy atom. The van der Waals surface area contributed by atoms with Gasteiger partial charge < -0.3 is 10.2 Å². The standard InChI is InChI=1S/C36H40BrN3O4S/c1-5-38-36(42)34(23-28-10-7-6-8-11-28)39(24-29-12-9-13-31(37)22-29)35(41)25-40(32-18-16-30(17-19-32)26(2)3)45(43,44)33-20-14-27(4)15-21-33/h6-22,26,34H,5,23-25H2,1-4H3,(H,38,42)/t34-/m1/s1. The number of anilines is 1. The van der Waals surface area contributed by atoms with Crippen LogP contribution in [0.4, 0.5) is 5.69 Å². The molecule has 0 fully saturated rings. The lowest BCUT2D eigenvalue weighted by Gasteiger charge is -2.34. The van der Waals surface area contributed by atoms with Crippen molar-refractivity contribution in [1.29, 1.82) is 0 Å². The van der Waals surface area contributed by atoms with Crippen molar-refractivity contribution in [3.63, 3.8) is 0 Å². The maximum atomic E-state index is 14.5. The highest BCUT2D eigenvalue weighted by molar-refractivity contribution is 9.10. The van der Waals surface area contributed by atoms with E-state index in [1.165, 1.54) is 4.90 Å². The number of sulfonamides is 1. The lowest BCUT2D eigenvalue weighted by atomic mass is 10.0. The molecule has 236 valence electrons. The molecular weight excluding hydrogens is 650 g/mol. The second-order valence-corrected chi connectivity index (χ2v) is 14.1. The first-order valence-corrected chi connectivity index (χ1v) is 17.3. The predicted molar refractivity (Wildman–Crippen MR) is 184 cm³/mol. The zero-order chi connectivity index (χ0) is 32.6. The Bertz CT molecular complexity index is 1690. The second kappa shape index (κ2) is 15.4. The molecule has 4 rings (SSSR count). The van der Waals surface area contributed by atoms with Gasteiger partial charge in [0, 0.05) is 24.0 Å². The van der Waals surface area contributed by atoms with Gasteiger partial charge in [-0.25, -0.2) is 8.42 Å². The maximum Gasteiger partial charge on any atom is 0.264 e. The number of aryl methyl sites for hydroxylation is 1. The molecule has 0 aliphatic carbocycles. The van der Waals surface area contributed by atoms with Gasteiger partial charge in [0.25, 0.3) is 10.0 Å². The summed E-state index contributed by atoms with van der Waals surface area (Å²) in [6.45, 7) is 7.85. The Labute approximate surface area is 275 Å². The van der Waals surface area contributed by atoms with E-state index in [1.54, 1.807) is 36.4 Å². The molecule has 0 heterocycles. The zero-order valence-electron chi connectivity index (χ0n) is 26.1. The van der Waals surface area contributed by atoms with Crippen LogP contribution in [0.1, 0.15) is 48.9 Å². The predicted octanol–water partition coefficient (Wildman–Crippen LogP) is 6.85. The number of carbonyl (C=O) groups is 2. The summed E-state index contributed by atoms with van der Waals surface area (Å²) in [5.74, 6) is -0.552. The second-order valence-electron chi connectivity index (χ2n) is 11.3. The molecule has 4 aromatic carbocycles. The van der Waals surface area contributed by atoms with Gasteiger partial charge in [-0.1, -0.05) is 102 Å². The van der Waals surface area contributed by atoms with Crippen LogP contribution in [0.15, 0.2) is 112 Å². The van der Waals surface area contributed by atoms with Crippen LogP contribution in [0.5, 0.6) is 0 Å². The minimum atomic E-state index is -4.15.